The van der Waals surface area contributed by atoms with Crippen LogP contribution in [0.1, 0.15) is 45.2 Å². The van der Waals surface area contributed by atoms with E-state index >= 15 is 0 Å². The Labute approximate surface area is 188 Å². The molecule has 2 unspecified atom stereocenters. The van der Waals surface area contributed by atoms with Gasteiger partial charge >= 0.3 is 0 Å². The van der Waals surface area contributed by atoms with E-state index in [0.29, 0.717) is 6.04 Å². The fraction of sp³-hybridized carbons (Fsp3) is 0.696. The molecule has 1 aliphatic rings. The maximum absolute atomic E-state index is 6.11. The molecule has 1 fully saturated rings. The van der Waals surface area contributed by atoms with E-state index in [2.05, 4.69) is 58.3 Å². The number of guanidine groups is 1. The summed E-state index contributed by atoms with van der Waals surface area (Å²) in [4.78, 5) is 9.39. The Morgan fingerprint density at radius 1 is 1.20 bits per heavy atom. The summed E-state index contributed by atoms with van der Waals surface area (Å²) >= 11 is 6.11. The van der Waals surface area contributed by atoms with E-state index in [0.717, 1.165) is 69.9 Å². The Balaban J connectivity index is 1.89. The summed E-state index contributed by atoms with van der Waals surface area (Å²) in [6, 6.07) is 8.81. The van der Waals surface area contributed by atoms with E-state index in [1.807, 2.05) is 19.2 Å². The van der Waals surface area contributed by atoms with Crippen LogP contribution in [0, 0.1) is 0 Å². The molecule has 1 aromatic rings. The van der Waals surface area contributed by atoms with Crippen LogP contribution in [-0.4, -0.2) is 81.3 Å². The highest BCUT2D eigenvalue weighted by Gasteiger charge is 2.23. The molecular weight excluding hydrogens is 398 g/mol. The fourth-order valence-electron chi connectivity index (χ4n) is 3.89. The lowest BCUT2D eigenvalue weighted by Gasteiger charge is -2.35. The number of benzene rings is 1. The highest BCUT2D eigenvalue weighted by molar-refractivity contribution is 6.30. The van der Waals surface area contributed by atoms with Gasteiger partial charge in [0.2, 0.25) is 0 Å². The maximum Gasteiger partial charge on any atom is 0.191 e. The van der Waals surface area contributed by atoms with Crippen LogP contribution in [-0.2, 0) is 4.74 Å². The molecule has 0 saturated carbocycles. The lowest BCUT2D eigenvalue weighted by molar-refractivity contribution is 0.0170. The minimum Gasteiger partial charge on any atom is -0.379 e. The van der Waals surface area contributed by atoms with Crippen molar-refractivity contribution in [1.82, 2.24) is 20.4 Å². The molecule has 0 radical (unpaired) electrons. The van der Waals surface area contributed by atoms with Gasteiger partial charge in [-0.3, -0.25) is 9.89 Å². The van der Waals surface area contributed by atoms with Crippen LogP contribution >= 0.6 is 11.6 Å². The van der Waals surface area contributed by atoms with Gasteiger partial charge in [-0.05, 0) is 57.1 Å². The standard InChI is InChI=1S/C23H40ClN5O/c1-5-28(6-2)13-7-8-19(3)27-23(25-4)26-18-22(29-14-16-30-17-15-29)20-9-11-21(24)12-10-20/h9-12,19,22H,5-8,13-18H2,1-4H3,(H2,25,26,27). The second kappa shape index (κ2) is 13.9. The van der Waals surface area contributed by atoms with E-state index in [-0.39, 0.29) is 6.04 Å². The predicted molar refractivity (Wildman–Crippen MR) is 128 cm³/mol. The minimum atomic E-state index is 0.252. The third-order valence-corrected chi connectivity index (χ3v) is 6.07. The smallest absolute Gasteiger partial charge is 0.191 e. The normalized spacial score (nSPS) is 17.7. The van der Waals surface area contributed by atoms with Gasteiger partial charge in [0.05, 0.1) is 19.3 Å². The molecule has 6 nitrogen and oxygen atoms in total. The minimum absolute atomic E-state index is 0.252. The fourth-order valence-corrected chi connectivity index (χ4v) is 4.01. The molecule has 0 aliphatic carbocycles. The molecule has 0 spiro atoms. The number of halogens is 1. The summed E-state index contributed by atoms with van der Waals surface area (Å²) in [5, 5.41) is 7.86. The maximum atomic E-state index is 6.11. The van der Waals surface area contributed by atoms with Crippen LogP contribution in [0.5, 0.6) is 0 Å². The quantitative estimate of drug-likeness (QED) is 0.410. The highest BCUT2D eigenvalue weighted by atomic mass is 35.5. The van der Waals surface area contributed by atoms with E-state index in [9.17, 15) is 0 Å². The number of hydrogen-bond acceptors (Lipinski definition) is 4. The third-order valence-electron chi connectivity index (χ3n) is 5.82. The van der Waals surface area contributed by atoms with Crippen LogP contribution in [0.15, 0.2) is 29.3 Å². The summed E-state index contributed by atoms with van der Waals surface area (Å²) in [5.74, 6) is 0.859. The number of hydrogen-bond donors (Lipinski definition) is 2. The van der Waals surface area contributed by atoms with Crippen LogP contribution < -0.4 is 10.6 Å². The van der Waals surface area contributed by atoms with Crippen molar-refractivity contribution in [3.63, 3.8) is 0 Å². The average molecular weight is 438 g/mol. The number of aliphatic imine (C=N–C) groups is 1. The Kier molecular flexibility index (Phi) is 11.5. The summed E-state index contributed by atoms with van der Waals surface area (Å²) in [6.07, 6.45) is 2.31. The van der Waals surface area contributed by atoms with Gasteiger partial charge in [-0.15, -0.1) is 0 Å². The average Bonchev–Trinajstić information content (AvgIpc) is 2.78. The van der Waals surface area contributed by atoms with Crippen molar-refractivity contribution < 1.29 is 4.74 Å². The molecule has 0 bridgehead atoms. The van der Waals surface area contributed by atoms with E-state index < -0.39 is 0 Å². The topological polar surface area (TPSA) is 52.1 Å². The monoisotopic (exact) mass is 437 g/mol. The largest absolute Gasteiger partial charge is 0.379 e. The molecule has 0 aromatic heterocycles. The highest BCUT2D eigenvalue weighted by Crippen LogP contribution is 2.23. The van der Waals surface area contributed by atoms with Gasteiger partial charge in [0.1, 0.15) is 0 Å². The molecule has 2 N–H and O–H groups in total. The van der Waals surface area contributed by atoms with E-state index in [1.165, 1.54) is 12.0 Å². The van der Waals surface area contributed by atoms with Crippen molar-refractivity contribution in [3.8, 4) is 0 Å². The predicted octanol–water partition coefficient (Wildman–Crippen LogP) is 3.39. The number of ether oxygens (including phenoxy) is 1. The van der Waals surface area contributed by atoms with Crippen molar-refractivity contribution in [2.45, 2.75) is 45.7 Å². The van der Waals surface area contributed by atoms with Gasteiger partial charge in [-0.25, -0.2) is 0 Å². The van der Waals surface area contributed by atoms with Gasteiger partial charge in [-0.1, -0.05) is 37.6 Å². The molecule has 1 heterocycles. The van der Waals surface area contributed by atoms with Gasteiger partial charge in [0.25, 0.3) is 0 Å². The van der Waals surface area contributed by atoms with Crippen LogP contribution in [0.3, 0.4) is 0 Å². The van der Waals surface area contributed by atoms with Crippen LogP contribution in [0.25, 0.3) is 0 Å². The molecule has 1 saturated heterocycles. The zero-order chi connectivity index (χ0) is 21.8. The Morgan fingerprint density at radius 3 is 2.47 bits per heavy atom. The number of rotatable bonds is 11. The molecule has 170 valence electrons. The zero-order valence-corrected chi connectivity index (χ0v) is 19.9. The molecule has 1 aliphatic heterocycles. The van der Waals surface area contributed by atoms with Crippen molar-refractivity contribution in [3.05, 3.63) is 34.9 Å². The second-order valence-corrected chi connectivity index (χ2v) is 8.32. The first kappa shape index (κ1) is 24.9. The molecular formula is C23H40ClN5O. The molecule has 2 atom stereocenters. The number of morpholine rings is 1. The second-order valence-electron chi connectivity index (χ2n) is 7.88. The lowest BCUT2D eigenvalue weighted by atomic mass is 10.0. The molecule has 7 heteroatoms. The van der Waals surface area contributed by atoms with Crippen LogP contribution in [0.4, 0.5) is 0 Å². The van der Waals surface area contributed by atoms with E-state index in [1.54, 1.807) is 0 Å². The summed E-state index contributed by atoms with van der Waals surface area (Å²) in [5.41, 5.74) is 1.26. The Morgan fingerprint density at radius 2 is 1.87 bits per heavy atom. The molecule has 0 amide bonds. The van der Waals surface area contributed by atoms with Crippen molar-refractivity contribution in [2.75, 3.05) is 59.5 Å². The van der Waals surface area contributed by atoms with Crippen molar-refractivity contribution >= 4 is 17.6 Å². The summed E-state index contributed by atoms with van der Waals surface area (Å²) < 4.78 is 5.55. The van der Waals surface area contributed by atoms with Crippen LogP contribution in [0.2, 0.25) is 5.02 Å². The molecule has 30 heavy (non-hydrogen) atoms. The van der Waals surface area contributed by atoms with Crippen molar-refractivity contribution in [2.24, 2.45) is 4.99 Å². The van der Waals surface area contributed by atoms with Crippen molar-refractivity contribution in [1.29, 1.82) is 0 Å². The van der Waals surface area contributed by atoms with Gasteiger partial charge in [0, 0.05) is 37.7 Å². The number of nitrogens with one attached hydrogen (secondary N) is 2. The Bertz CT molecular complexity index is 615. The van der Waals surface area contributed by atoms with Gasteiger partial charge in [-0.2, -0.15) is 0 Å². The lowest BCUT2D eigenvalue weighted by Crippen LogP contribution is -2.48. The first-order chi connectivity index (χ1) is 14.6. The van der Waals surface area contributed by atoms with Gasteiger partial charge < -0.3 is 20.3 Å². The summed E-state index contributed by atoms with van der Waals surface area (Å²) in [6.45, 7) is 14.3. The first-order valence-electron chi connectivity index (χ1n) is 11.3. The van der Waals surface area contributed by atoms with Gasteiger partial charge in [0.15, 0.2) is 5.96 Å². The first-order valence-corrected chi connectivity index (χ1v) is 11.7. The Hall–Kier alpha value is -1.34. The zero-order valence-electron chi connectivity index (χ0n) is 19.2. The molecule has 2 rings (SSSR count). The summed E-state index contributed by atoms with van der Waals surface area (Å²) in [7, 11) is 1.84. The SMILES string of the molecule is CCN(CC)CCCC(C)NC(=NC)NCC(c1ccc(Cl)cc1)N1CCOCC1. The van der Waals surface area contributed by atoms with E-state index in [4.69, 9.17) is 16.3 Å². The number of nitrogens with zero attached hydrogens (tertiary/aromatic N) is 3. The third kappa shape index (κ3) is 8.42. The molecule has 1 aromatic carbocycles.